The maximum absolute atomic E-state index is 13.5. The van der Waals surface area contributed by atoms with Crippen molar-refractivity contribution in [1.82, 2.24) is 15.3 Å². The molecular weight excluding hydrogens is 464 g/mol. The number of carboxylic acid groups (broad SMARTS) is 1. The summed E-state index contributed by atoms with van der Waals surface area (Å²) in [6.45, 7) is 1.82. The molecule has 2 N–H and O–H groups in total. The maximum Gasteiger partial charge on any atom is 0.303 e. The van der Waals surface area contributed by atoms with E-state index in [-0.39, 0.29) is 30.0 Å². The lowest BCUT2D eigenvalue weighted by molar-refractivity contribution is -0.137. The van der Waals surface area contributed by atoms with Crippen LogP contribution >= 0.6 is 0 Å². The molecule has 0 unspecified atom stereocenters. The van der Waals surface area contributed by atoms with E-state index in [1.165, 1.54) is 24.3 Å². The van der Waals surface area contributed by atoms with Crippen LogP contribution in [-0.2, 0) is 11.2 Å². The van der Waals surface area contributed by atoms with E-state index in [1.54, 1.807) is 42.5 Å². The molecule has 184 valence electrons. The zero-order chi connectivity index (χ0) is 25.7. The van der Waals surface area contributed by atoms with Crippen molar-refractivity contribution in [3.05, 3.63) is 95.2 Å². The molecule has 4 aromatic rings. The topological polar surface area (TPSA) is 92.2 Å². The number of halogens is 2. The summed E-state index contributed by atoms with van der Waals surface area (Å²) >= 11 is 0. The first-order valence-corrected chi connectivity index (χ1v) is 11.6. The smallest absolute Gasteiger partial charge is 0.303 e. The quantitative estimate of drug-likeness (QED) is 0.287. The Morgan fingerprint density at radius 2 is 1.56 bits per heavy atom. The molecule has 8 heteroatoms. The highest BCUT2D eigenvalue weighted by Gasteiger charge is 2.16. The summed E-state index contributed by atoms with van der Waals surface area (Å²) in [6, 6.07) is 16.6. The van der Waals surface area contributed by atoms with Crippen LogP contribution in [-0.4, -0.2) is 27.0 Å². The molecule has 0 aliphatic rings. The van der Waals surface area contributed by atoms with Gasteiger partial charge in [-0.3, -0.25) is 9.59 Å². The number of aryl methyl sites for hydroxylation is 1. The second kappa shape index (κ2) is 11.0. The number of nitrogens with zero attached hydrogens (tertiary/aromatic N) is 2. The molecule has 1 atom stereocenters. The van der Waals surface area contributed by atoms with Crippen molar-refractivity contribution in [3.8, 4) is 11.3 Å². The number of unbranched alkanes of at least 4 members (excludes halogenated alkanes) is 1. The fourth-order valence-electron chi connectivity index (χ4n) is 3.93. The van der Waals surface area contributed by atoms with Gasteiger partial charge in [0, 0.05) is 17.5 Å². The van der Waals surface area contributed by atoms with Gasteiger partial charge in [0.2, 0.25) is 0 Å². The van der Waals surface area contributed by atoms with E-state index < -0.39 is 5.97 Å². The number of rotatable bonds is 9. The Morgan fingerprint density at radius 3 is 2.22 bits per heavy atom. The Bertz CT molecular complexity index is 1390. The van der Waals surface area contributed by atoms with Crippen LogP contribution in [0, 0.1) is 11.6 Å². The lowest BCUT2D eigenvalue weighted by atomic mass is 10.0. The minimum absolute atomic E-state index is 0.0590. The largest absolute Gasteiger partial charge is 0.481 e. The number of aromatic nitrogens is 2. The highest BCUT2D eigenvalue weighted by molar-refractivity contribution is 5.97. The molecule has 0 saturated heterocycles. The molecule has 36 heavy (non-hydrogen) atoms. The van der Waals surface area contributed by atoms with E-state index in [1.807, 2.05) is 6.92 Å². The van der Waals surface area contributed by atoms with Crippen molar-refractivity contribution in [1.29, 1.82) is 0 Å². The third-order valence-electron chi connectivity index (χ3n) is 5.89. The average molecular weight is 490 g/mol. The van der Waals surface area contributed by atoms with E-state index in [2.05, 4.69) is 5.32 Å². The zero-order valence-corrected chi connectivity index (χ0v) is 19.7. The zero-order valence-electron chi connectivity index (χ0n) is 19.7. The second-order valence-electron chi connectivity index (χ2n) is 8.58. The number of aliphatic carboxylic acids is 1. The Morgan fingerprint density at radius 1 is 0.889 bits per heavy atom. The Kier molecular flexibility index (Phi) is 7.63. The van der Waals surface area contributed by atoms with Gasteiger partial charge in [-0.2, -0.15) is 0 Å². The van der Waals surface area contributed by atoms with E-state index in [0.717, 1.165) is 5.56 Å². The van der Waals surface area contributed by atoms with Crippen molar-refractivity contribution in [2.45, 2.75) is 38.6 Å². The molecule has 0 bridgehead atoms. The fraction of sp³-hybridized carbons (Fsp3) is 0.214. The third kappa shape index (κ3) is 6.07. The number of nitrogens with one attached hydrogen (secondary N) is 1. The first-order chi connectivity index (χ1) is 17.3. The van der Waals surface area contributed by atoms with Crippen LogP contribution in [0.25, 0.3) is 22.3 Å². The lowest BCUT2D eigenvalue weighted by Crippen LogP contribution is -2.26. The van der Waals surface area contributed by atoms with Crippen LogP contribution in [0.2, 0.25) is 0 Å². The number of fused-ring (bicyclic) bond motifs is 1. The minimum Gasteiger partial charge on any atom is -0.481 e. The summed E-state index contributed by atoms with van der Waals surface area (Å²) in [4.78, 5) is 33.3. The first kappa shape index (κ1) is 24.9. The number of hydrogen-bond donors (Lipinski definition) is 2. The van der Waals surface area contributed by atoms with Gasteiger partial charge in [0.25, 0.3) is 5.91 Å². The van der Waals surface area contributed by atoms with Crippen LogP contribution < -0.4 is 5.32 Å². The summed E-state index contributed by atoms with van der Waals surface area (Å²) in [6.07, 6.45) is 1.63. The van der Waals surface area contributed by atoms with Gasteiger partial charge in [-0.05, 0) is 86.3 Å². The van der Waals surface area contributed by atoms with E-state index in [9.17, 15) is 18.4 Å². The molecular formula is C28H25F2N3O3. The van der Waals surface area contributed by atoms with Crippen LogP contribution in [0.1, 0.15) is 53.8 Å². The average Bonchev–Trinajstić information content (AvgIpc) is 2.86. The summed E-state index contributed by atoms with van der Waals surface area (Å²) in [5.74, 6) is -1.87. The highest BCUT2D eigenvalue weighted by Crippen LogP contribution is 2.26. The lowest BCUT2D eigenvalue weighted by Gasteiger charge is -2.15. The molecule has 3 aromatic carbocycles. The summed E-state index contributed by atoms with van der Waals surface area (Å²) in [5.41, 5.74) is 4.23. The van der Waals surface area contributed by atoms with E-state index in [4.69, 9.17) is 15.1 Å². The van der Waals surface area contributed by atoms with Crippen LogP contribution in [0.5, 0.6) is 0 Å². The maximum atomic E-state index is 13.5. The van der Waals surface area contributed by atoms with Crippen LogP contribution in [0.4, 0.5) is 8.78 Å². The summed E-state index contributed by atoms with van der Waals surface area (Å²) in [7, 11) is 0. The normalized spacial score (nSPS) is 11.9. The van der Waals surface area contributed by atoms with Gasteiger partial charge in [-0.1, -0.05) is 12.1 Å². The summed E-state index contributed by atoms with van der Waals surface area (Å²) in [5, 5.41) is 11.8. The number of benzene rings is 3. The van der Waals surface area contributed by atoms with Gasteiger partial charge >= 0.3 is 5.97 Å². The highest BCUT2D eigenvalue weighted by atomic mass is 19.1. The van der Waals surface area contributed by atoms with Crippen molar-refractivity contribution in [3.63, 3.8) is 0 Å². The van der Waals surface area contributed by atoms with Gasteiger partial charge in [-0.15, -0.1) is 0 Å². The number of carbonyl (C=O) groups is 2. The van der Waals surface area contributed by atoms with Gasteiger partial charge in [0.05, 0.1) is 28.5 Å². The number of carbonyl (C=O) groups excluding carboxylic acids is 1. The molecule has 0 aliphatic carbocycles. The summed E-state index contributed by atoms with van der Waals surface area (Å²) < 4.78 is 26.7. The molecule has 0 spiro atoms. The molecule has 4 rings (SSSR count). The van der Waals surface area contributed by atoms with E-state index in [0.29, 0.717) is 52.8 Å². The molecule has 0 radical (unpaired) electrons. The number of carboxylic acids is 1. The van der Waals surface area contributed by atoms with Crippen LogP contribution in [0.15, 0.2) is 66.7 Å². The van der Waals surface area contributed by atoms with Crippen molar-refractivity contribution >= 4 is 22.9 Å². The van der Waals surface area contributed by atoms with Gasteiger partial charge < -0.3 is 10.4 Å². The Hall–Kier alpha value is -4.20. The molecule has 1 heterocycles. The monoisotopic (exact) mass is 489 g/mol. The number of amides is 1. The molecule has 1 amide bonds. The van der Waals surface area contributed by atoms with Gasteiger partial charge in [-0.25, -0.2) is 18.7 Å². The molecule has 1 aromatic heterocycles. The van der Waals surface area contributed by atoms with Crippen molar-refractivity contribution < 1.29 is 23.5 Å². The minimum atomic E-state index is -0.858. The van der Waals surface area contributed by atoms with Crippen molar-refractivity contribution in [2.24, 2.45) is 0 Å². The molecule has 0 fully saturated rings. The van der Waals surface area contributed by atoms with Gasteiger partial charge in [0.15, 0.2) is 0 Å². The molecule has 0 saturated carbocycles. The SMILES string of the molecule is C[C@@H](NC(=O)c1ccc2nc(-c3ccc(F)cc3)c(CCCCC(=O)O)nc2c1)c1ccc(F)cc1. The first-order valence-electron chi connectivity index (χ1n) is 11.6. The Balaban J connectivity index is 1.62. The fourth-order valence-corrected chi connectivity index (χ4v) is 3.93. The predicted molar refractivity (Wildman–Crippen MR) is 132 cm³/mol. The van der Waals surface area contributed by atoms with Crippen molar-refractivity contribution in [2.75, 3.05) is 0 Å². The standard InChI is InChI=1S/C28H25F2N3O3/c1-17(18-6-11-21(29)12-7-18)31-28(36)20-10-15-23-25(16-20)32-24(4-2-3-5-26(34)35)27(33-23)19-8-13-22(30)14-9-19/h6-17H,2-5H2,1H3,(H,31,36)(H,34,35)/t17-/m1/s1. The number of hydrogen-bond acceptors (Lipinski definition) is 4. The van der Waals surface area contributed by atoms with Crippen LogP contribution in [0.3, 0.4) is 0 Å². The predicted octanol–water partition coefficient (Wildman–Crippen LogP) is 5.86. The van der Waals surface area contributed by atoms with Gasteiger partial charge in [0.1, 0.15) is 11.6 Å². The molecule has 0 aliphatic heterocycles. The molecule has 6 nitrogen and oxygen atoms in total. The van der Waals surface area contributed by atoms with E-state index >= 15 is 0 Å². The Labute approximate surface area is 207 Å². The third-order valence-corrected chi connectivity index (χ3v) is 5.89. The second-order valence-corrected chi connectivity index (χ2v) is 8.58.